The van der Waals surface area contributed by atoms with Gasteiger partial charge in [-0.25, -0.2) is 13.2 Å². The van der Waals surface area contributed by atoms with Crippen LogP contribution in [0, 0.1) is 0 Å². The molecule has 2 aliphatic rings. The summed E-state index contributed by atoms with van der Waals surface area (Å²) in [5.74, 6) is -3.16. The van der Waals surface area contributed by atoms with Crippen LogP contribution in [0.25, 0.3) is 0 Å². The van der Waals surface area contributed by atoms with Crippen LogP contribution >= 0.6 is 46.1 Å². The molecule has 41 heavy (non-hydrogen) atoms. The predicted octanol–water partition coefficient (Wildman–Crippen LogP) is 4.54. The van der Waals surface area contributed by atoms with Crippen LogP contribution in [0.3, 0.4) is 0 Å². The van der Waals surface area contributed by atoms with Gasteiger partial charge in [0.05, 0.1) is 17.2 Å². The summed E-state index contributed by atoms with van der Waals surface area (Å²) < 4.78 is 38.1. The minimum atomic E-state index is -4.11. The molecule has 0 aliphatic carbocycles. The number of carbonyl (C=O) groups is 3. The van der Waals surface area contributed by atoms with Crippen molar-refractivity contribution in [2.75, 3.05) is 12.4 Å². The van der Waals surface area contributed by atoms with Crippen molar-refractivity contribution in [3.05, 3.63) is 85.1 Å². The molecule has 2 aromatic carbocycles. The van der Waals surface area contributed by atoms with E-state index in [1.807, 2.05) is 0 Å². The highest BCUT2D eigenvalue weighted by atomic mass is 35.5. The normalized spacial score (nSPS) is 19.3. The summed E-state index contributed by atoms with van der Waals surface area (Å²) >= 11 is 19.6. The molecule has 2 N–H and O–H groups in total. The van der Waals surface area contributed by atoms with E-state index in [1.54, 1.807) is 23.6 Å². The minimum Gasteiger partial charge on any atom is -0.485 e. The van der Waals surface area contributed by atoms with E-state index < -0.39 is 57.1 Å². The summed E-state index contributed by atoms with van der Waals surface area (Å²) in [6.07, 6.45) is -0.0415. The van der Waals surface area contributed by atoms with Gasteiger partial charge in [-0.05, 0) is 41.8 Å². The third-order valence-corrected chi connectivity index (χ3v) is 9.83. The van der Waals surface area contributed by atoms with Gasteiger partial charge in [-0.1, -0.05) is 40.9 Å². The third-order valence-electron chi connectivity index (χ3n) is 6.22. The fourth-order valence-corrected chi connectivity index (χ4v) is 7.77. The molecule has 10 nitrogen and oxygen atoms in total. The number of carboxylic acids is 1. The summed E-state index contributed by atoms with van der Waals surface area (Å²) in [6.45, 7) is -0.516. The summed E-state index contributed by atoms with van der Waals surface area (Å²) in [5, 5.41) is 13.5. The number of nitrogens with zero attached hydrogens (tertiary/aromatic N) is 1. The van der Waals surface area contributed by atoms with Gasteiger partial charge < -0.3 is 19.9 Å². The number of carbonyl (C=O) groups excluding carboxylic acids is 2. The van der Waals surface area contributed by atoms with Gasteiger partial charge in [0, 0.05) is 26.6 Å². The number of hydrogen-bond acceptors (Lipinski definition) is 8. The van der Waals surface area contributed by atoms with Crippen LogP contribution in [0.1, 0.15) is 4.88 Å². The molecule has 0 bridgehead atoms. The Morgan fingerprint density at radius 1 is 1.05 bits per heavy atom. The minimum absolute atomic E-state index is 0.0415. The lowest BCUT2D eigenvalue weighted by molar-refractivity contribution is -0.151. The topological polar surface area (TPSA) is 139 Å². The monoisotopic (exact) mass is 656 g/mol. The number of aliphatic carboxylic acids is 1. The molecule has 2 amide bonds. The fraction of sp³-hybridized carbons (Fsp3) is 0.192. The molecule has 2 atom stereocenters. The zero-order chi connectivity index (χ0) is 29.5. The second kappa shape index (κ2) is 11.5. The smallest absolute Gasteiger partial charge is 0.352 e. The number of amides is 2. The maximum atomic E-state index is 13.2. The number of hydrogen-bond donors (Lipinski definition) is 2. The largest absolute Gasteiger partial charge is 0.485 e. The maximum absolute atomic E-state index is 13.2. The zero-order valence-corrected chi connectivity index (χ0v) is 24.6. The molecule has 0 radical (unpaired) electrons. The first-order chi connectivity index (χ1) is 19.4. The van der Waals surface area contributed by atoms with Crippen molar-refractivity contribution >= 4 is 73.8 Å². The molecule has 15 heteroatoms. The Balaban J connectivity index is 1.38. The number of rotatable bonds is 9. The molecular weight excluding hydrogens is 639 g/mol. The lowest BCUT2D eigenvalue weighted by Crippen LogP contribution is -2.75. The Morgan fingerprint density at radius 3 is 2.41 bits per heavy atom. The van der Waals surface area contributed by atoms with E-state index in [2.05, 4.69) is 5.32 Å². The van der Waals surface area contributed by atoms with Crippen LogP contribution in [0.2, 0.25) is 15.1 Å². The maximum Gasteiger partial charge on any atom is 0.352 e. The SMILES string of the molecule is O=C(Cc1cccs1)NC1C(=O)N2C(C(=O)O)=C(COc3cc(Cl)ccc3Oc3ccc(Cl)cc3Cl)CS(=O)(=O)[C@@H]12. The summed E-state index contributed by atoms with van der Waals surface area (Å²) in [5.41, 5.74) is -0.690. The van der Waals surface area contributed by atoms with Gasteiger partial charge in [-0.2, -0.15) is 0 Å². The molecule has 1 aromatic heterocycles. The number of carboxylic acid groups (broad SMARTS) is 1. The van der Waals surface area contributed by atoms with Crippen molar-refractivity contribution < 1.29 is 37.4 Å². The molecule has 1 fully saturated rings. The second-order valence-corrected chi connectivity index (χ2v) is 13.4. The molecule has 3 heterocycles. The standard InChI is InChI=1S/C26H19Cl3N2O8S2/c27-14-3-5-18(17(29)8-14)39-19-6-4-15(28)9-20(19)38-11-13-12-41(36,37)25-22(24(33)31(25)23(13)26(34)35)30-21(32)10-16-2-1-7-40-16/h1-9,22,25H,10-12H2,(H,30,32)(H,34,35)/t22?,25-/m0/s1. The van der Waals surface area contributed by atoms with Crippen LogP contribution in [-0.4, -0.2) is 60.0 Å². The molecule has 2 aliphatic heterocycles. The average molecular weight is 658 g/mol. The number of fused-ring (bicyclic) bond motifs is 1. The predicted molar refractivity (Wildman–Crippen MR) is 153 cm³/mol. The van der Waals surface area contributed by atoms with E-state index in [0.717, 1.165) is 4.88 Å². The van der Waals surface area contributed by atoms with Crippen molar-refractivity contribution in [2.45, 2.75) is 17.8 Å². The van der Waals surface area contributed by atoms with E-state index in [9.17, 15) is 27.9 Å². The quantitative estimate of drug-likeness (QED) is 0.320. The molecule has 3 aromatic rings. The molecule has 214 valence electrons. The van der Waals surface area contributed by atoms with E-state index in [-0.39, 0.29) is 39.3 Å². The van der Waals surface area contributed by atoms with Gasteiger partial charge in [-0.15, -0.1) is 11.3 Å². The van der Waals surface area contributed by atoms with Crippen LogP contribution in [0.4, 0.5) is 0 Å². The lowest BCUT2D eigenvalue weighted by atomic mass is 10.0. The number of ether oxygens (including phenoxy) is 2. The molecular formula is C26H19Cl3N2O8S2. The van der Waals surface area contributed by atoms with Crippen LogP contribution in [0.5, 0.6) is 17.2 Å². The summed E-state index contributed by atoms with van der Waals surface area (Å²) in [4.78, 5) is 39.1. The summed E-state index contributed by atoms with van der Waals surface area (Å²) in [7, 11) is -4.11. The van der Waals surface area contributed by atoms with Gasteiger partial charge in [0.15, 0.2) is 26.7 Å². The first-order valence-corrected chi connectivity index (χ1v) is 15.5. The molecule has 1 unspecified atom stereocenters. The van der Waals surface area contributed by atoms with Crippen molar-refractivity contribution in [1.29, 1.82) is 0 Å². The Bertz CT molecular complexity index is 1690. The molecule has 5 rings (SSSR count). The van der Waals surface area contributed by atoms with Gasteiger partial charge >= 0.3 is 5.97 Å². The lowest BCUT2D eigenvalue weighted by Gasteiger charge is -2.49. The van der Waals surface area contributed by atoms with E-state index in [1.165, 1.54) is 41.7 Å². The molecule has 0 saturated carbocycles. The highest BCUT2D eigenvalue weighted by molar-refractivity contribution is 7.92. The Kier molecular flexibility index (Phi) is 8.22. The van der Waals surface area contributed by atoms with Crippen molar-refractivity contribution in [2.24, 2.45) is 0 Å². The van der Waals surface area contributed by atoms with Crippen LogP contribution < -0.4 is 14.8 Å². The van der Waals surface area contributed by atoms with Gasteiger partial charge in [0.25, 0.3) is 5.91 Å². The molecule has 1 saturated heterocycles. The van der Waals surface area contributed by atoms with Crippen molar-refractivity contribution in [1.82, 2.24) is 10.2 Å². The Labute approximate surface area is 252 Å². The number of sulfone groups is 1. The number of nitrogens with one attached hydrogen (secondary N) is 1. The van der Waals surface area contributed by atoms with E-state index in [0.29, 0.717) is 9.92 Å². The average Bonchev–Trinajstić information content (AvgIpc) is 3.40. The second-order valence-electron chi connectivity index (χ2n) is 9.02. The van der Waals surface area contributed by atoms with Crippen molar-refractivity contribution in [3.63, 3.8) is 0 Å². The number of thiophene rings is 1. The van der Waals surface area contributed by atoms with Crippen LogP contribution in [0.15, 0.2) is 65.2 Å². The number of β-lactam (4-membered cyclic amide) rings is 1. The molecule has 0 spiro atoms. The highest BCUT2D eigenvalue weighted by Gasteiger charge is 2.60. The van der Waals surface area contributed by atoms with E-state index in [4.69, 9.17) is 44.3 Å². The van der Waals surface area contributed by atoms with Crippen molar-refractivity contribution in [3.8, 4) is 17.2 Å². The first kappa shape index (κ1) is 29.2. The first-order valence-electron chi connectivity index (χ1n) is 11.8. The number of benzene rings is 2. The van der Waals surface area contributed by atoms with Gasteiger partial charge in [0.2, 0.25) is 5.91 Å². The van der Waals surface area contributed by atoms with E-state index >= 15 is 0 Å². The van der Waals surface area contributed by atoms with Crippen LogP contribution in [-0.2, 0) is 30.6 Å². The number of halogens is 3. The zero-order valence-electron chi connectivity index (χ0n) is 20.7. The fourth-order valence-electron chi connectivity index (χ4n) is 4.45. The Hall–Kier alpha value is -3.29. The summed E-state index contributed by atoms with van der Waals surface area (Å²) in [6, 6.07) is 11.1. The Morgan fingerprint density at radius 2 is 1.76 bits per heavy atom. The third kappa shape index (κ3) is 6.02. The van der Waals surface area contributed by atoms with Gasteiger partial charge in [-0.3, -0.25) is 14.5 Å². The van der Waals surface area contributed by atoms with Gasteiger partial charge in [0.1, 0.15) is 24.1 Å². The highest BCUT2D eigenvalue weighted by Crippen LogP contribution is 2.40.